The van der Waals surface area contributed by atoms with Crippen molar-refractivity contribution in [3.63, 3.8) is 0 Å². The highest BCUT2D eigenvalue weighted by Crippen LogP contribution is 2.10. The first kappa shape index (κ1) is 16.3. The van der Waals surface area contributed by atoms with Gasteiger partial charge in [0, 0.05) is 35.4 Å². The lowest BCUT2D eigenvalue weighted by Crippen LogP contribution is -2.27. The molecule has 0 amide bonds. The van der Waals surface area contributed by atoms with Crippen molar-refractivity contribution in [1.29, 1.82) is 0 Å². The molecule has 16 heavy (non-hydrogen) atoms. The van der Waals surface area contributed by atoms with Gasteiger partial charge in [-0.1, -0.05) is 77.0 Å². The Bertz CT molecular complexity index is 263. The highest BCUT2D eigenvalue weighted by atomic mass is 35.5. The maximum absolute atomic E-state index is 5.48. The smallest absolute Gasteiger partial charge is 0.137 e. The summed E-state index contributed by atoms with van der Waals surface area (Å²) < 4.78 is 0.791. The molecule has 0 aliphatic heterocycles. The zero-order valence-electron chi connectivity index (χ0n) is 8.48. The maximum atomic E-state index is 5.48. The second kappa shape index (κ2) is 11.8. The number of nitrogens with zero attached hydrogens (tertiary/aromatic N) is 1. The summed E-state index contributed by atoms with van der Waals surface area (Å²) in [4.78, 5) is 1.99. The molecular formula is C10H12Cl3NS2. The van der Waals surface area contributed by atoms with Crippen molar-refractivity contribution in [3.05, 3.63) is 34.8 Å². The largest absolute Gasteiger partial charge is 0.350 e. The number of hydrogen-bond donors (Lipinski definition) is 0. The molecule has 0 unspecified atom stereocenters. The molecule has 0 saturated heterocycles. The lowest BCUT2D eigenvalue weighted by molar-refractivity contribution is 0.532. The monoisotopic (exact) mass is 315 g/mol. The molecule has 90 valence electrons. The number of hydrogen-bond acceptors (Lipinski definition) is 2. The molecule has 0 spiro atoms. The summed E-state index contributed by atoms with van der Waals surface area (Å²) in [5.41, 5.74) is 4.43. The van der Waals surface area contributed by atoms with Crippen LogP contribution in [0.25, 0.3) is 0 Å². The van der Waals surface area contributed by atoms with Crippen LogP contribution in [-0.2, 0) is 0 Å². The van der Waals surface area contributed by atoms with Crippen molar-refractivity contribution in [2.24, 2.45) is 0 Å². The van der Waals surface area contributed by atoms with Crippen LogP contribution in [0.4, 0.5) is 0 Å². The Kier molecular flexibility index (Phi) is 12.0. The van der Waals surface area contributed by atoms with Crippen LogP contribution in [0.3, 0.4) is 0 Å². The SMILES string of the molecule is S=C(SCC=CCl)N(CC=CCl)CC=CCl. The fraction of sp³-hybridized carbons (Fsp3) is 0.300. The van der Waals surface area contributed by atoms with Crippen LogP contribution < -0.4 is 0 Å². The number of thioether (sulfide) groups is 1. The number of thiocarbonyl (C=S) groups is 1. The van der Waals surface area contributed by atoms with Crippen LogP contribution in [0.2, 0.25) is 0 Å². The molecule has 0 fully saturated rings. The van der Waals surface area contributed by atoms with E-state index in [1.807, 2.05) is 23.1 Å². The fourth-order valence-corrected chi connectivity index (χ4v) is 2.18. The van der Waals surface area contributed by atoms with Crippen molar-refractivity contribution in [2.45, 2.75) is 0 Å². The summed E-state index contributed by atoms with van der Waals surface area (Å²) in [6.45, 7) is 1.34. The predicted octanol–water partition coefficient (Wildman–Crippen LogP) is 4.56. The normalized spacial score (nSPS) is 11.9. The van der Waals surface area contributed by atoms with Crippen LogP contribution in [0.1, 0.15) is 0 Å². The fourth-order valence-electron chi connectivity index (χ4n) is 0.805. The van der Waals surface area contributed by atoms with Gasteiger partial charge in [-0.15, -0.1) is 0 Å². The van der Waals surface area contributed by atoms with E-state index >= 15 is 0 Å². The van der Waals surface area contributed by atoms with Gasteiger partial charge >= 0.3 is 0 Å². The molecule has 0 N–H and O–H groups in total. The minimum absolute atomic E-state index is 0.668. The second-order valence-corrected chi connectivity index (χ2v) is 4.98. The Morgan fingerprint density at radius 1 is 1.00 bits per heavy atom. The van der Waals surface area contributed by atoms with E-state index in [-0.39, 0.29) is 0 Å². The van der Waals surface area contributed by atoms with Crippen LogP contribution in [-0.4, -0.2) is 28.1 Å². The summed E-state index contributed by atoms with van der Waals surface area (Å²) >= 11 is 23.2. The van der Waals surface area contributed by atoms with E-state index < -0.39 is 0 Å². The van der Waals surface area contributed by atoms with Gasteiger partial charge in [0.2, 0.25) is 0 Å². The Morgan fingerprint density at radius 2 is 1.50 bits per heavy atom. The van der Waals surface area contributed by atoms with Gasteiger partial charge in [0.05, 0.1) is 0 Å². The number of halogens is 3. The molecule has 6 heteroatoms. The van der Waals surface area contributed by atoms with Gasteiger partial charge in [-0.25, -0.2) is 0 Å². The van der Waals surface area contributed by atoms with E-state index in [9.17, 15) is 0 Å². The maximum Gasteiger partial charge on any atom is 0.137 e. The van der Waals surface area contributed by atoms with Crippen molar-refractivity contribution >= 4 is 63.1 Å². The molecule has 0 bridgehead atoms. The van der Waals surface area contributed by atoms with Gasteiger partial charge in [-0.05, 0) is 0 Å². The molecule has 0 aromatic rings. The number of rotatable bonds is 6. The summed E-state index contributed by atoms with van der Waals surface area (Å²) in [6.07, 6.45) is 5.49. The molecule has 0 aliphatic rings. The third kappa shape index (κ3) is 8.48. The lowest BCUT2D eigenvalue weighted by Gasteiger charge is -2.21. The first-order chi connectivity index (χ1) is 7.76. The average Bonchev–Trinajstić information content (AvgIpc) is 2.29. The molecule has 1 nitrogen and oxygen atoms in total. The molecule has 0 rings (SSSR count). The highest BCUT2D eigenvalue weighted by molar-refractivity contribution is 8.23. The molecule has 0 aliphatic carbocycles. The van der Waals surface area contributed by atoms with E-state index in [1.54, 1.807) is 11.8 Å². The highest BCUT2D eigenvalue weighted by Gasteiger charge is 2.05. The molecule has 0 radical (unpaired) electrons. The van der Waals surface area contributed by atoms with E-state index in [1.165, 1.54) is 16.6 Å². The Balaban J connectivity index is 4.19. The zero-order chi connectivity index (χ0) is 12.2. The van der Waals surface area contributed by atoms with E-state index in [0.717, 1.165) is 10.1 Å². The van der Waals surface area contributed by atoms with E-state index in [0.29, 0.717) is 13.1 Å². The summed E-state index contributed by atoms with van der Waals surface area (Å²) in [7, 11) is 0. The first-order valence-corrected chi connectivity index (χ1v) is 7.14. The van der Waals surface area contributed by atoms with Crippen molar-refractivity contribution in [1.82, 2.24) is 4.90 Å². The third-order valence-corrected chi connectivity index (χ3v) is 3.49. The Morgan fingerprint density at radius 3 is 1.94 bits per heavy atom. The van der Waals surface area contributed by atoms with Gasteiger partial charge in [0.25, 0.3) is 0 Å². The lowest BCUT2D eigenvalue weighted by atomic mass is 10.5. The first-order valence-electron chi connectivity index (χ1n) is 4.43. The topological polar surface area (TPSA) is 3.24 Å². The Hall–Kier alpha value is 0.330. The van der Waals surface area contributed by atoms with E-state index in [2.05, 4.69) is 0 Å². The second-order valence-electron chi connectivity index (χ2n) is 2.57. The third-order valence-electron chi connectivity index (χ3n) is 1.48. The minimum atomic E-state index is 0.668. The molecule has 0 atom stereocenters. The summed E-state index contributed by atoms with van der Waals surface area (Å²) in [5.74, 6) is 0.758. The average molecular weight is 317 g/mol. The zero-order valence-corrected chi connectivity index (χ0v) is 12.4. The molecule has 0 heterocycles. The van der Waals surface area contributed by atoms with E-state index in [4.69, 9.17) is 47.0 Å². The van der Waals surface area contributed by atoms with Crippen molar-refractivity contribution < 1.29 is 0 Å². The van der Waals surface area contributed by atoms with Gasteiger partial charge in [-0.2, -0.15) is 0 Å². The van der Waals surface area contributed by atoms with Gasteiger partial charge in [0.15, 0.2) is 0 Å². The van der Waals surface area contributed by atoms with Gasteiger partial charge < -0.3 is 4.90 Å². The van der Waals surface area contributed by atoms with Gasteiger partial charge in [-0.3, -0.25) is 0 Å². The molecule has 0 aromatic carbocycles. The molecule has 0 saturated carbocycles. The van der Waals surface area contributed by atoms with Crippen LogP contribution >= 0.6 is 58.8 Å². The Labute approximate surface area is 121 Å². The minimum Gasteiger partial charge on any atom is -0.350 e. The van der Waals surface area contributed by atoms with Crippen LogP contribution in [0.15, 0.2) is 34.8 Å². The quantitative estimate of drug-likeness (QED) is 0.661. The standard InChI is InChI=1S/C10H12Cl3NS2/c11-4-1-7-14(8-2-5-12)10(15)16-9-3-6-13/h1-6H,7-9H2. The summed E-state index contributed by atoms with van der Waals surface area (Å²) in [5, 5.41) is 0. The van der Waals surface area contributed by atoms with Crippen LogP contribution in [0, 0.1) is 0 Å². The van der Waals surface area contributed by atoms with Gasteiger partial charge in [0.1, 0.15) is 4.32 Å². The van der Waals surface area contributed by atoms with Crippen LogP contribution in [0.5, 0.6) is 0 Å². The summed E-state index contributed by atoms with van der Waals surface area (Å²) in [6, 6.07) is 0. The molecule has 0 aromatic heterocycles. The predicted molar refractivity (Wildman–Crippen MR) is 81.6 cm³/mol. The van der Waals surface area contributed by atoms with Crippen molar-refractivity contribution in [3.8, 4) is 0 Å². The molecular weight excluding hydrogens is 305 g/mol. The van der Waals surface area contributed by atoms with Crippen molar-refractivity contribution in [2.75, 3.05) is 18.8 Å².